The lowest BCUT2D eigenvalue weighted by atomic mass is 10.1. The van der Waals surface area contributed by atoms with Crippen LogP contribution in [0.5, 0.6) is 0 Å². The predicted octanol–water partition coefficient (Wildman–Crippen LogP) is -0.429. The Kier molecular flexibility index (Phi) is 5.66. The largest absolute Gasteiger partial charge is 0.394 e. The van der Waals surface area contributed by atoms with Crippen molar-refractivity contribution < 1.29 is 20.2 Å². The van der Waals surface area contributed by atoms with E-state index >= 15 is 0 Å². The maximum Gasteiger partial charge on any atom is 0.269 e. The van der Waals surface area contributed by atoms with E-state index in [9.17, 15) is 15.2 Å². The zero-order valence-electron chi connectivity index (χ0n) is 9.69. The van der Waals surface area contributed by atoms with Gasteiger partial charge in [0, 0.05) is 25.2 Å². The SMILES string of the molecule is O=[N+]([O-])c1ccc(C(O)CNCC(O)CO)cc1. The van der Waals surface area contributed by atoms with Gasteiger partial charge in [-0.2, -0.15) is 0 Å². The third kappa shape index (κ3) is 4.38. The normalized spacial score (nSPS) is 14.2. The highest BCUT2D eigenvalue weighted by Gasteiger charge is 2.10. The Bertz CT molecular complexity index is 382. The molecule has 1 aromatic rings. The fraction of sp³-hybridized carbons (Fsp3) is 0.455. The van der Waals surface area contributed by atoms with Gasteiger partial charge in [0.05, 0.1) is 23.7 Å². The molecule has 0 aliphatic carbocycles. The number of hydrogen-bond acceptors (Lipinski definition) is 6. The lowest BCUT2D eigenvalue weighted by Gasteiger charge is -2.13. The van der Waals surface area contributed by atoms with E-state index in [4.69, 9.17) is 10.2 Å². The minimum atomic E-state index is -0.867. The van der Waals surface area contributed by atoms with Crippen molar-refractivity contribution in [3.05, 3.63) is 39.9 Å². The molecule has 0 heterocycles. The van der Waals surface area contributed by atoms with Crippen molar-refractivity contribution in [2.75, 3.05) is 19.7 Å². The Morgan fingerprint density at radius 2 is 1.83 bits per heavy atom. The van der Waals surface area contributed by atoms with Crippen LogP contribution in [-0.4, -0.2) is 46.0 Å². The van der Waals surface area contributed by atoms with Crippen LogP contribution >= 0.6 is 0 Å². The zero-order valence-corrected chi connectivity index (χ0v) is 9.69. The summed E-state index contributed by atoms with van der Waals surface area (Å²) in [6.45, 7) is 0.00996. The smallest absolute Gasteiger partial charge is 0.269 e. The van der Waals surface area contributed by atoms with E-state index in [0.717, 1.165) is 0 Å². The van der Waals surface area contributed by atoms with Gasteiger partial charge in [0.25, 0.3) is 5.69 Å². The topological polar surface area (TPSA) is 116 Å². The van der Waals surface area contributed by atoms with Crippen LogP contribution in [0.4, 0.5) is 5.69 Å². The molecule has 18 heavy (non-hydrogen) atoms. The number of rotatable bonds is 7. The number of aliphatic hydroxyl groups excluding tert-OH is 3. The van der Waals surface area contributed by atoms with E-state index in [0.29, 0.717) is 5.56 Å². The fourth-order valence-corrected chi connectivity index (χ4v) is 1.39. The average Bonchev–Trinajstić information content (AvgIpc) is 2.38. The maximum absolute atomic E-state index is 10.4. The number of benzene rings is 1. The van der Waals surface area contributed by atoms with Crippen LogP contribution in [0.25, 0.3) is 0 Å². The molecule has 0 aliphatic rings. The first-order valence-electron chi connectivity index (χ1n) is 5.46. The van der Waals surface area contributed by atoms with Crippen molar-refractivity contribution in [1.29, 1.82) is 0 Å². The molecule has 0 amide bonds. The first-order valence-corrected chi connectivity index (χ1v) is 5.46. The summed E-state index contributed by atoms with van der Waals surface area (Å²) in [6.07, 6.45) is -1.69. The second kappa shape index (κ2) is 7.02. The van der Waals surface area contributed by atoms with Gasteiger partial charge in [0.2, 0.25) is 0 Å². The van der Waals surface area contributed by atoms with E-state index in [2.05, 4.69) is 5.32 Å². The van der Waals surface area contributed by atoms with Crippen molar-refractivity contribution in [3.63, 3.8) is 0 Å². The lowest BCUT2D eigenvalue weighted by Crippen LogP contribution is -2.32. The third-order valence-corrected chi connectivity index (χ3v) is 2.42. The lowest BCUT2D eigenvalue weighted by molar-refractivity contribution is -0.384. The monoisotopic (exact) mass is 256 g/mol. The third-order valence-electron chi connectivity index (χ3n) is 2.42. The Hall–Kier alpha value is -1.54. The van der Waals surface area contributed by atoms with Crippen LogP contribution in [0, 0.1) is 10.1 Å². The molecule has 100 valence electrons. The summed E-state index contributed by atoms with van der Waals surface area (Å²) in [5, 5.41) is 40.6. The molecule has 0 bridgehead atoms. The van der Waals surface area contributed by atoms with Crippen LogP contribution in [-0.2, 0) is 0 Å². The van der Waals surface area contributed by atoms with E-state index < -0.39 is 17.1 Å². The highest BCUT2D eigenvalue weighted by atomic mass is 16.6. The Labute approximate surface area is 104 Å². The van der Waals surface area contributed by atoms with Crippen LogP contribution < -0.4 is 5.32 Å². The van der Waals surface area contributed by atoms with Gasteiger partial charge >= 0.3 is 0 Å². The van der Waals surface area contributed by atoms with E-state index in [1.807, 2.05) is 0 Å². The second-order valence-electron chi connectivity index (χ2n) is 3.86. The maximum atomic E-state index is 10.4. The van der Waals surface area contributed by atoms with Crippen LogP contribution in [0.15, 0.2) is 24.3 Å². The van der Waals surface area contributed by atoms with Crippen LogP contribution in [0.2, 0.25) is 0 Å². The van der Waals surface area contributed by atoms with Gasteiger partial charge in [0.1, 0.15) is 0 Å². The molecule has 1 aromatic carbocycles. The molecule has 2 atom stereocenters. The molecule has 4 N–H and O–H groups in total. The van der Waals surface area contributed by atoms with Gasteiger partial charge in [-0.15, -0.1) is 0 Å². The molecule has 7 nitrogen and oxygen atoms in total. The van der Waals surface area contributed by atoms with Gasteiger partial charge in [-0.05, 0) is 17.7 Å². The number of nitro groups is 1. The Morgan fingerprint density at radius 3 is 2.33 bits per heavy atom. The molecule has 7 heteroatoms. The number of non-ortho nitro benzene ring substituents is 1. The zero-order chi connectivity index (χ0) is 13.5. The van der Waals surface area contributed by atoms with Crippen LogP contribution in [0.1, 0.15) is 11.7 Å². The number of aliphatic hydroxyl groups is 3. The predicted molar refractivity (Wildman–Crippen MR) is 64.0 cm³/mol. The van der Waals surface area contributed by atoms with E-state index in [1.165, 1.54) is 24.3 Å². The van der Waals surface area contributed by atoms with Gasteiger partial charge in [-0.25, -0.2) is 0 Å². The quantitative estimate of drug-likeness (QED) is 0.388. The minimum Gasteiger partial charge on any atom is -0.394 e. The summed E-state index contributed by atoms with van der Waals surface area (Å²) in [5.41, 5.74) is 0.515. The molecule has 1 rings (SSSR count). The number of nitro benzene ring substituents is 1. The second-order valence-corrected chi connectivity index (χ2v) is 3.86. The Morgan fingerprint density at radius 1 is 1.22 bits per heavy atom. The first kappa shape index (κ1) is 14.5. The number of hydrogen-bond donors (Lipinski definition) is 4. The standard InChI is InChI=1S/C11H16N2O5/c14-7-10(15)5-12-6-11(16)8-1-3-9(4-2-8)13(17)18/h1-4,10-12,14-16H,5-7H2. The highest BCUT2D eigenvalue weighted by Crippen LogP contribution is 2.17. The number of nitrogens with one attached hydrogen (secondary N) is 1. The summed E-state index contributed by atoms with van der Waals surface area (Å²) in [5.74, 6) is 0. The summed E-state index contributed by atoms with van der Waals surface area (Å²) in [7, 11) is 0. The molecule has 0 radical (unpaired) electrons. The van der Waals surface area contributed by atoms with Gasteiger partial charge < -0.3 is 20.6 Å². The van der Waals surface area contributed by atoms with Crippen LogP contribution in [0.3, 0.4) is 0 Å². The van der Waals surface area contributed by atoms with E-state index in [1.54, 1.807) is 0 Å². The summed E-state index contributed by atoms with van der Waals surface area (Å²) in [4.78, 5) is 9.93. The first-order chi connectivity index (χ1) is 8.54. The molecular formula is C11H16N2O5. The summed E-state index contributed by atoms with van der Waals surface area (Å²) < 4.78 is 0. The van der Waals surface area contributed by atoms with Crippen molar-refractivity contribution in [2.45, 2.75) is 12.2 Å². The van der Waals surface area contributed by atoms with Crippen molar-refractivity contribution in [3.8, 4) is 0 Å². The molecular weight excluding hydrogens is 240 g/mol. The van der Waals surface area contributed by atoms with Gasteiger partial charge in [0.15, 0.2) is 0 Å². The molecule has 0 aromatic heterocycles. The fourth-order valence-electron chi connectivity index (χ4n) is 1.39. The molecule has 0 saturated carbocycles. The van der Waals surface area contributed by atoms with Crippen molar-refractivity contribution in [2.24, 2.45) is 0 Å². The minimum absolute atomic E-state index is 0.0328. The van der Waals surface area contributed by atoms with Crippen molar-refractivity contribution >= 4 is 5.69 Å². The molecule has 0 fully saturated rings. The number of nitrogens with zero attached hydrogens (tertiary/aromatic N) is 1. The molecule has 0 aliphatic heterocycles. The van der Waals surface area contributed by atoms with Gasteiger partial charge in [-0.1, -0.05) is 0 Å². The average molecular weight is 256 g/mol. The molecule has 2 unspecified atom stereocenters. The summed E-state index contributed by atoms with van der Waals surface area (Å²) >= 11 is 0. The Balaban J connectivity index is 2.46. The summed E-state index contributed by atoms with van der Waals surface area (Å²) in [6, 6.07) is 5.60. The van der Waals surface area contributed by atoms with E-state index in [-0.39, 0.29) is 25.4 Å². The highest BCUT2D eigenvalue weighted by molar-refractivity contribution is 5.33. The molecule has 0 saturated heterocycles. The van der Waals surface area contributed by atoms with Crippen molar-refractivity contribution in [1.82, 2.24) is 5.32 Å². The van der Waals surface area contributed by atoms with Gasteiger partial charge in [-0.3, -0.25) is 10.1 Å². The molecule has 0 spiro atoms.